The molecule has 60 valence electrons. The van der Waals surface area contributed by atoms with Gasteiger partial charge in [-0.15, -0.1) is 0 Å². The van der Waals surface area contributed by atoms with Crippen LogP contribution in [0.25, 0.3) is 0 Å². The molecule has 10 heavy (non-hydrogen) atoms. The van der Waals surface area contributed by atoms with Crippen LogP contribution in [0.1, 0.15) is 39.5 Å². The summed E-state index contributed by atoms with van der Waals surface area (Å²) in [5, 5.41) is 0. The highest BCUT2D eigenvalue weighted by atomic mass is 15.2. The Morgan fingerprint density at radius 3 is 2.50 bits per heavy atom. The van der Waals surface area contributed by atoms with E-state index in [0.29, 0.717) is 5.54 Å². The first kappa shape index (κ1) is 8.06. The highest BCUT2D eigenvalue weighted by Crippen LogP contribution is 2.24. The van der Waals surface area contributed by atoms with Gasteiger partial charge in [-0.05, 0) is 40.3 Å². The van der Waals surface area contributed by atoms with Crippen molar-refractivity contribution in [2.45, 2.75) is 45.1 Å². The molecular weight excluding hydrogens is 122 g/mol. The molecule has 1 rings (SSSR count). The van der Waals surface area contributed by atoms with E-state index >= 15 is 0 Å². The molecule has 1 saturated heterocycles. The van der Waals surface area contributed by atoms with Gasteiger partial charge in [0, 0.05) is 5.54 Å². The minimum Gasteiger partial charge on any atom is -0.301 e. The van der Waals surface area contributed by atoms with E-state index in [1.807, 2.05) is 0 Å². The first-order valence-electron chi connectivity index (χ1n) is 4.34. The van der Waals surface area contributed by atoms with Gasteiger partial charge in [-0.2, -0.15) is 0 Å². The van der Waals surface area contributed by atoms with E-state index in [0.717, 1.165) is 0 Å². The maximum absolute atomic E-state index is 2.49. The Hall–Kier alpha value is -0.0400. The van der Waals surface area contributed by atoms with Crippen molar-refractivity contribution in [2.24, 2.45) is 0 Å². The summed E-state index contributed by atoms with van der Waals surface area (Å²) in [6.45, 7) is 5.98. The number of likely N-dealkylation sites (tertiary alicyclic amines) is 1. The largest absolute Gasteiger partial charge is 0.301 e. The third-order valence-corrected chi connectivity index (χ3v) is 2.82. The highest BCUT2D eigenvalue weighted by molar-refractivity contribution is 4.81. The molecule has 0 spiro atoms. The van der Waals surface area contributed by atoms with Crippen LogP contribution in [0.15, 0.2) is 0 Å². The Bertz CT molecular complexity index is 107. The van der Waals surface area contributed by atoms with Crippen molar-refractivity contribution in [1.29, 1.82) is 0 Å². The van der Waals surface area contributed by atoms with Gasteiger partial charge in [-0.1, -0.05) is 12.8 Å². The van der Waals surface area contributed by atoms with Gasteiger partial charge in [0.05, 0.1) is 0 Å². The Morgan fingerprint density at radius 1 is 1.10 bits per heavy atom. The maximum Gasteiger partial charge on any atom is 0.0150 e. The normalized spacial score (nSPS) is 27.9. The second-order valence-corrected chi connectivity index (χ2v) is 4.04. The van der Waals surface area contributed by atoms with Gasteiger partial charge >= 0.3 is 0 Å². The van der Waals surface area contributed by atoms with Crippen LogP contribution in [0.3, 0.4) is 0 Å². The van der Waals surface area contributed by atoms with Crippen LogP contribution in [0.4, 0.5) is 0 Å². The number of rotatable bonds is 0. The standard InChI is InChI=1S/C9H19N/c1-9(2)7-5-4-6-8-10(9)3/h4-8H2,1-3H3. The molecule has 0 saturated carbocycles. The van der Waals surface area contributed by atoms with E-state index in [4.69, 9.17) is 0 Å². The van der Waals surface area contributed by atoms with Gasteiger partial charge in [0.25, 0.3) is 0 Å². The molecule has 1 heteroatoms. The van der Waals surface area contributed by atoms with Gasteiger partial charge in [-0.3, -0.25) is 0 Å². The lowest BCUT2D eigenvalue weighted by Crippen LogP contribution is -2.40. The zero-order valence-corrected chi connectivity index (χ0v) is 7.48. The molecule has 1 aliphatic rings. The van der Waals surface area contributed by atoms with Crippen LogP contribution >= 0.6 is 0 Å². The fourth-order valence-corrected chi connectivity index (χ4v) is 1.58. The molecule has 1 fully saturated rings. The molecule has 0 unspecified atom stereocenters. The molecular formula is C9H19N. The lowest BCUT2D eigenvalue weighted by molar-refractivity contribution is 0.159. The molecule has 0 aromatic rings. The summed E-state index contributed by atoms with van der Waals surface area (Å²) in [6, 6.07) is 0. The van der Waals surface area contributed by atoms with E-state index in [1.54, 1.807) is 0 Å². The Morgan fingerprint density at radius 2 is 1.80 bits per heavy atom. The number of hydrogen-bond acceptors (Lipinski definition) is 1. The van der Waals surface area contributed by atoms with Crippen LogP contribution < -0.4 is 0 Å². The second kappa shape index (κ2) is 2.91. The smallest absolute Gasteiger partial charge is 0.0150 e. The topological polar surface area (TPSA) is 3.24 Å². The Labute approximate surface area is 64.4 Å². The van der Waals surface area contributed by atoms with Crippen LogP contribution in [-0.2, 0) is 0 Å². The van der Waals surface area contributed by atoms with Crippen molar-refractivity contribution in [2.75, 3.05) is 13.6 Å². The molecule has 0 bridgehead atoms. The van der Waals surface area contributed by atoms with E-state index < -0.39 is 0 Å². The first-order valence-corrected chi connectivity index (χ1v) is 4.34. The van der Waals surface area contributed by atoms with E-state index in [1.165, 1.54) is 32.2 Å². The fraction of sp³-hybridized carbons (Fsp3) is 1.00. The quantitative estimate of drug-likeness (QED) is 0.500. The monoisotopic (exact) mass is 141 g/mol. The van der Waals surface area contributed by atoms with Gasteiger partial charge in [0.15, 0.2) is 0 Å². The van der Waals surface area contributed by atoms with Crippen LogP contribution in [0.2, 0.25) is 0 Å². The van der Waals surface area contributed by atoms with Gasteiger partial charge in [0.2, 0.25) is 0 Å². The minimum absolute atomic E-state index is 0.455. The van der Waals surface area contributed by atoms with Crippen LogP contribution in [0, 0.1) is 0 Å². The number of nitrogens with zero attached hydrogens (tertiary/aromatic N) is 1. The second-order valence-electron chi connectivity index (χ2n) is 4.04. The van der Waals surface area contributed by atoms with Crippen molar-refractivity contribution < 1.29 is 0 Å². The van der Waals surface area contributed by atoms with Crippen LogP contribution in [0.5, 0.6) is 0 Å². The molecule has 0 aromatic carbocycles. The average molecular weight is 141 g/mol. The molecule has 0 aromatic heterocycles. The van der Waals surface area contributed by atoms with Crippen LogP contribution in [-0.4, -0.2) is 24.0 Å². The zero-order chi connectivity index (χ0) is 7.61. The molecule has 1 heterocycles. The summed E-state index contributed by atoms with van der Waals surface area (Å²) >= 11 is 0. The van der Waals surface area contributed by atoms with E-state index in [9.17, 15) is 0 Å². The van der Waals surface area contributed by atoms with Gasteiger partial charge in [-0.25, -0.2) is 0 Å². The van der Waals surface area contributed by atoms with E-state index in [-0.39, 0.29) is 0 Å². The van der Waals surface area contributed by atoms with Gasteiger partial charge < -0.3 is 4.90 Å². The van der Waals surface area contributed by atoms with Crippen molar-refractivity contribution in [3.05, 3.63) is 0 Å². The predicted octanol–water partition coefficient (Wildman–Crippen LogP) is 2.27. The summed E-state index contributed by atoms with van der Waals surface area (Å²) in [7, 11) is 2.24. The summed E-state index contributed by atoms with van der Waals surface area (Å²) in [4.78, 5) is 2.49. The molecule has 0 N–H and O–H groups in total. The molecule has 0 aliphatic carbocycles. The molecule has 1 aliphatic heterocycles. The maximum atomic E-state index is 2.49. The molecule has 0 atom stereocenters. The summed E-state index contributed by atoms with van der Waals surface area (Å²) in [5.74, 6) is 0. The van der Waals surface area contributed by atoms with E-state index in [2.05, 4.69) is 25.8 Å². The summed E-state index contributed by atoms with van der Waals surface area (Å²) < 4.78 is 0. The van der Waals surface area contributed by atoms with Crippen molar-refractivity contribution in [3.8, 4) is 0 Å². The van der Waals surface area contributed by atoms with Gasteiger partial charge in [0.1, 0.15) is 0 Å². The highest BCUT2D eigenvalue weighted by Gasteiger charge is 2.24. The molecule has 1 nitrogen and oxygen atoms in total. The SMILES string of the molecule is CN1CCCCCC1(C)C. The Kier molecular flexibility index (Phi) is 2.35. The minimum atomic E-state index is 0.455. The fourth-order valence-electron chi connectivity index (χ4n) is 1.58. The lowest BCUT2D eigenvalue weighted by atomic mass is 9.98. The predicted molar refractivity (Wildman–Crippen MR) is 45.2 cm³/mol. The lowest BCUT2D eigenvalue weighted by Gasteiger charge is -2.33. The zero-order valence-electron chi connectivity index (χ0n) is 7.48. The average Bonchev–Trinajstić information content (AvgIpc) is 1.96. The molecule has 0 radical (unpaired) electrons. The van der Waals surface area contributed by atoms with Crippen molar-refractivity contribution >= 4 is 0 Å². The number of hydrogen-bond donors (Lipinski definition) is 0. The summed E-state index contributed by atoms with van der Waals surface area (Å²) in [6.07, 6.45) is 5.59. The first-order chi connectivity index (χ1) is 4.63. The third-order valence-electron chi connectivity index (χ3n) is 2.82. The molecule has 0 amide bonds. The Balaban J connectivity index is 2.52. The van der Waals surface area contributed by atoms with Crippen molar-refractivity contribution in [3.63, 3.8) is 0 Å². The summed E-state index contributed by atoms with van der Waals surface area (Å²) in [5.41, 5.74) is 0.455. The van der Waals surface area contributed by atoms with Crippen molar-refractivity contribution in [1.82, 2.24) is 4.90 Å². The third kappa shape index (κ3) is 1.72.